The number of rotatable bonds is 6. The van der Waals surface area contributed by atoms with Gasteiger partial charge in [0.1, 0.15) is 13.2 Å². The lowest BCUT2D eigenvalue weighted by Gasteiger charge is -2.06. The average molecular weight is 201 g/mol. The minimum Gasteiger partial charge on any atom is -0.473 e. The van der Waals surface area contributed by atoms with Crippen molar-refractivity contribution in [2.24, 2.45) is 5.16 Å². The lowest BCUT2D eigenvalue weighted by molar-refractivity contribution is -0.121. The third-order valence-electron chi connectivity index (χ3n) is 1.23. The molecule has 0 heterocycles. The fourth-order valence-corrected chi connectivity index (χ4v) is 0.651. The van der Waals surface area contributed by atoms with E-state index in [1.54, 1.807) is 6.92 Å². The Balaban J connectivity index is 3.53. The third-order valence-corrected chi connectivity index (χ3v) is 1.23. The van der Waals surface area contributed by atoms with E-state index >= 15 is 0 Å². The summed E-state index contributed by atoms with van der Waals surface area (Å²) < 4.78 is 9.93. The Morgan fingerprint density at radius 2 is 2.07 bits per heavy atom. The summed E-state index contributed by atoms with van der Waals surface area (Å²) in [5.74, 6) is 0.0392. The molecule has 0 rings (SSSR count). The van der Waals surface area contributed by atoms with Crippen molar-refractivity contribution in [1.29, 1.82) is 0 Å². The minimum atomic E-state index is -0.0408. The Kier molecular flexibility index (Phi) is 6.39. The van der Waals surface area contributed by atoms with E-state index in [4.69, 9.17) is 14.7 Å². The van der Waals surface area contributed by atoms with E-state index in [-0.39, 0.29) is 31.5 Å². The highest BCUT2D eigenvalue weighted by atomic mass is 16.5. The maximum atomic E-state index is 10.5. The Labute approximate surface area is 83.0 Å². The van der Waals surface area contributed by atoms with Crippen molar-refractivity contribution in [2.45, 2.75) is 13.8 Å². The van der Waals surface area contributed by atoms with Crippen molar-refractivity contribution < 1.29 is 19.5 Å². The predicted molar refractivity (Wildman–Crippen MR) is 51.5 cm³/mol. The van der Waals surface area contributed by atoms with Gasteiger partial charge in [0, 0.05) is 5.57 Å². The molecule has 1 N–H and O–H groups in total. The summed E-state index contributed by atoms with van der Waals surface area (Å²) >= 11 is 0. The summed E-state index contributed by atoms with van der Waals surface area (Å²) in [6.45, 7) is 7.20. The number of hydrogen-bond acceptors (Lipinski definition) is 5. The number of Topliss-reactive ketones (excluding diaryl/α,β-unsaturated/α-hetero) is 1. The molecule has 0 aliphatic rings. The molecule has 80 valence electrons. The van der Waals surface area contributed by atoms with Crippen molar-refractivity contribution in [3.63, 3.8) is 0 Å². The summed E-state index contributed by atoms with van der Waals surface area (Å²) in [5.41, 5.74) is 0.527. The maximum Gasteiger partial charge on any atom is 0.252 e. The molecular formula is C9H15NO4. The summed E-state index contributed by atoms with van der Waals surface area (Å²) in [5, 5.41) is 11.3. The Morgan fingerprint density at radius 3 is 2.50 bits per heavy atom. The first-order valence-corrected chi connectivity index (χ1v) is 4.15. The number of nitrogens with zero attached hydrogens (tertiary/aromatic N) is 1. The first kappa shape index (κ1) is 12.6. The van der Waals surface area contributed by atoms with Crippen LogP contribution in [0.25, 0.3) is 0 Å². The SMILES string of the molecule is C=C(C)C(=NO)OCCOCC(C)=O. The molecule has 5 nitrogen and oxygen atoms in total. The van der Waals surface area contributed by atoms with Gasteiger partial charge in [-0.15, -0.1) is 0 Å². The summed E-state index contributed by atoms with van der Waals surface area (Å²) in [7, 11) is 0. The number of ether oxygens (including phenoxy) is 2. The van der Waals surface area contributed by atoms with Gasteiger partial charge in [0.05, 0.1) is 6.61 Å². The van der Waals surface area contributed by atoms with Crippen LogP contribution in [0.3, 0.4) is 0 Å². The van der Waals surface area contributed by atoms with Crippen LogP contribution in [0, 0.1) is 0 Å². The van der Waals surface area contributed by atoms with Gasteiger partial charge in [-0.1, -0.05) is 6.58 Å². The number of carbonyl (C=O) groups is 1. The molecule has 5 heteroatoms. The van der Waals surface area contributed by atoms with Crippen LogP contribution in [0.5, 0.6) is 0 Å². The Morgan fingerprint density at radius 1 is 1.43 bits per heavy atom. The van der Waals surface area contributed by atoms with E-state index < -0.39 is 0 Å². The van der Waals surface area contributed by atoms with E-state index in [0.29, 0.717) is 5.57 Å². The van der Waals surface area contributed by atoms with Crippen LogP contribution in [0.2, 0.25) is 0 Å². The highest BCUT2D eigenvalue weighted by Crippen LogP contribution is 1.94. The van der Waals surface area contributed by atoms with Crippen LogP contribution in [0.15, 0.2) is 17.3 Å². The molecule has 0 unspecified atom stereocenters. The normalized spacial score (nSPS) is 11.1. The molecule has 0 spiro atoms. The quantitative estimate of drug-likeness (QED) is 0.228. The average Bonchev–Trinajstić information content (AvgIpc) is 2.10. The molecule has 0 saturated heterocycles. The Bertz CT molecular complexity index is 235. The molecule has 0 aromatic rings. The molecule has 0 aromatic heterocycles. The minimum absolute atomic E-state index is 0.0408. The first-order valence-electron chi connectivity index (χ1n) is 4.15. The molecule has 0 saturated carbocycles. The van der Waals surface area contributed by atoms with Crippen LogP contribution >= 0.6 is 0 Å². The van der Waals surface area contributed by atoms with Gasteiger partial charge in [-0.25, -0.2) is 0 Å². The second-order valence-corrected chi connectivity index (χ2v) is 2.79. The van der Waals surface area contributed by atoms with Crippen LogP contribution < -0.4 is 0 Å². The molecular weight excluding hydrogens is 186 g/mol. The molecule has 0 aromatic carbocycles. The van der Waals surface area contributed by atoms with Crippen molar-refractivity contribution >= 4 is 11.7 Å². The van der Waals surface area contributed by atoms with Gasteiger partial charge in [-0.2, -0.15) is 0 Å². The van der Waals surface area contributed by atoms with E-state index in [9.17, 15) is 4.79 Å². The molecule has 0 amide bonds. The van der Waals surface area contributed by atoms with Gasteiger partial charge in [0.2, 0.25) is 0 Å². The molecule has 0 fully saturated rings. The van der Waals surface area contributed by atoms with Crippen molar-refractivity contribution in [3.05, 3.63) is 12.2 Å². The van der Waals surface area contributed by atoms with Crippen molar-refractivity contribution in [3.8, 4) is 0 Å². The van der Waals surface area contributed by atoms with E-state index in [0.717, 1.165) is 0 Å². The third kappa shape index (κ3) is 6.19. The number of ketones is 1. The maximum absolute atomic E-state index is 10.5. The van der Waals surface area contributed by atoms with Gasteiger partial charge in [0.15, 0.2) is 5.78 Å². The Hall–Kier alpha value is -1.36. The van der Waals surface area contributed by atoms with E-state index in [1.165, 1.54) is 6.92 Å². The molecule has 0 bridgehead atoms. The first-order chi connectivity index (χ1) is 6.57. The zero-order valence-corrected chi connectivity index (χ0v) is 8.45. The lowest BCUT2D eigenvalue weighted by Crippen LogP contribution is -2.13. The van der Waals surface area contributed by atoms with Gasteiger partial charge in [-0.3, -0.25) is 4.79 Å². The fourth-order valence-electron chi connectivity index (χ4n) is 0.651. The zero-order chi connectivity index (χ0) is 11.0. The number of carbonyl (C=O) groups excluding carboxylic acids is 1. The second-order valence-electron chi connectivity index (χ2n) is 2.79. The summed E-state index contributed by atoms with van der Waals surface area (Å²) in [6, 6.07) is 0. The van der Waals surface area contributed by atoms with Crippen molar-refractivity contribution in [2.75, 3.05) is 19.8 Å². The van der Waals surface area contributed by atoms with Crippen molar-refractivity contribution in [1.82, 2.24) is 0 Å². The molecule has 0 radical (unpaired) electrons. The molecule has 0 aliphatic carbocycles. The van der Waals surface area contributed by atoms with Crippen LogP contribution in [-0.4, -0.2) is 36.7 Å². The van der Waals surface area contributed by atoms with Crippen LogP contribution in [0.1, 0.15) is 13.8 Å². The topological polar surface area (TPSA) is 68.1 Å². The number of oxime groups is 1. The van der Waals surface area contributed by atoms with Crippen LogP contribution in [-0.2, 0) is 14.3 Å². The van der Waals surface area contributed by atoms with Gasteiger partial charge < -0.3 is 14.7 Å². The number of hydrogen-bond donors (Lipinski definition) is 1. The van der Waals surface area contributed by atoms with E-state index in [2.05, 4.69) is 11.7 Å². The summed E-state index contributed by atoms with van der Waals surface area (Å²) in [6.07, 6.45) is 0. The van der Waals surface area contributed by atoms with Gasteiger partial charge in [-0.05, 0) is 19.0 Å². The summed E-state index contributed by atoms with van der Waals surface area (Å²) in [4.78, 5) is 10.5. The highest BCUT2D eigenvalue weighted by molar-refractivity contribution is 5.91. The van der Waals surface area contributed by atoms with Gasteiger partial charge in [0.25, 0.3) is 5.90 Å². The smallest absolute Gasteiger partial charge is 0.252 e. The lowest BCUT2D eigenvalue weighted by atomic mass is 10.3. The largest absolute Gasteiger partial charge is 0.473 e. The molecule has 0 atom stereocenters. The highest BCUT2D eigenvalue weighted by Gasteiger charge is 2.01. The molecule has 0 aliphatic heterocycles. The zero-order valence-electron chi connectivity index (χ0n) is 8.45. The monoisotopic (exact) mass is 201 g/mol. The predicted octanol–water partition coefficient (Wildman–Crippen LogP) is 0.972. The second kappa shape index (κ2) is 7.08. The standard InChI is InChI=1S/C9H15NO4/c1-7(2)9(10-12)14-5-4-13-6-8(3)11/h12H,1,4-6H2,2-3H3. The van der Waals surface area contributed by atoms with Gasteiger partial charge >= 0.3 is 0 Å². The van der Waals surface area contributed by atoms with Crippen LogP contribution in [0.4, 0.5) is 0 Å². The fraction of sp³-hybridized carbons (Fsp3) is 0.556. The molecule has 14 heavy (non-hydrogen) atoms. The van der Waals surface area contributed by atoms with E-state index in [1.807, 2.05) is 0 Å².